The van der Waals surface area contributed by atoms with E-state index in [0.717, 1.165) is 13.0 Å². The number of hydrogen-bond donors (Lipinski definition) is 0. The third-order valence-corrected chi connectivity index (χ3v) is 3.66. The monoisotopic (exact) mass is 270 g/mol. The zero-order valence-electron chi connectivity index (χ0n) is 9.35. The van der Waals surface area contributed by atoms with Crippen LogP contribution >= 0.6 is 28.2 Å². The van der Waals surface area contributed by atoms with Gasteiger partial charge in [0, 0.05) is 18.1 Å². The summed E-state index contributed by atoms with van der Waals surface area (Å²) in [5.74, 6) is 0. The van der Waals surface area contributed by atoms with E-state index in [4.69, 9.17) is 0 Å². The fourth-order valence-electron chi connectivity index (χ4n) is 1.88. The fourth-order valence-corrected chi connectivity index (χ4v) is 2.53. The Kier molecular flexibility index (Phi) is 3.98. The van der Waals surface area contributed by atoms with Crippen LogP contribution in [0, 0.1) is 6.92 Å². The van der Waals surface area contributed by atoms with Gasteiger partial charge >= 0.3 is 0 Å². The molecule has 3 unspecified atom stereocenters. The van der Waals surface area contributed by atoms with Gasteiger partial charge in [0.2, 0.25) is 0 Å². The van der Waals surface area contributed by atoms with Gasteiger partial charge in [0.15, 0.2) is 0 Å². The van der Waals surface area contributed by atoms with Crippen molar-refractivity contribution in [3.05, 3.63) is 35.5 Å². The Labute approximate surface area is 104 Å². The highest BCUT2D eigenvalue weighted by Gasteiger charge is 2.06. The Balaban J connectivity index is 2.39. The number of hydrogen-bond acceptors (Lipinski definition) is 1. The third-order valence-electron chi connectivity index (χ3n) is 2.71. The van der Waals surface area contributed by atoms with Gasteiger partial charge in [-0.3, -0.25) is 4.44 Å². The van der Waals surface area contributed by atoms with E-state index in [1.807, 2.05) is 0 Å². The van der Waals surface area contributed by atoms with Crippen molar-refractivity contribution in [1.82, 2.24) is 8.78 Å². The summed E-state index contributed by atoms with van der Waals surface area (Å²) >= 11 is 0. The normalized spacial score (nSPS) is 11.6. The summed E-state index contributed by atoms with van der Waals surface area (Å²) in [6, 6.07) is 6.62. The molecule has 0 saturated heterocycles. The van der Waals surface area contributed by atoms with Gasteiger partial charge in [0.05, 0.1) is 5.52 Å². The van der Waals surface area contributed by atoms with Crippen LogP contribution < -0.4 is 0 Å². The molecule has 16 heavy (non-hydrogen) atoms. The lowest BCUT2D eigenvalue weighted by atomic mass is 10.1. The molecule has 5 heteroatoms. The average molecular weight is 270 g/mol. The maximum atomic E-state index is 2.75. The maximum Gasteiger partial charge on any atom is 0.0514 e. The summed E-state index contributed by atoms with van der Waals surface area (Å²) < 4.78 is 4.19. The van der Waals surface area contributed by atoms with Crippen molar-refractivity contribution in [2.75, 3.05) is 6.54 Å². The summed E-state index contributed by atoms with van der Waals surface area (Å²) in [7, 11) is 8.08. The molecule has 2 aromatic rings. The van der Waals surface area contributed by atoms with E-state index in [-0.39, 0.29) is 0 Å². The molecule has 1 aromatic carbocycles. The van der Waals surface area contributed by atoms with E-state index in [0.29, 0.717) is 0 Å². The van der Waals surface area contributed by atoms with Gasteiger partial charge in [-0.2, -0.15) is 0 Å². The zero-order chi connectivity index (χ0) is 11.7. The Hall–Kier alpha value is 0.01000. The zero-order valence-corrected chi connectivity index (χ0v) is 12.8. The predicted molar refractivity (Wildman–Crippen MR) is 81.6 cm³/mol. The lowest BCUT2D eigenvalue weighted by molar-refractivity contribution is 0.728. The first kappa shape index (κ1) is 12.5. The highest BCUT2D eigenvalue weighted by molar-refractivity contribution is 7.30. The molecule has 1 aromatic heterocycles. The minimum absolute atomic E-state index is 1.02. The molecule has 0 saturated carbocycles. The molecular weight excluding hydrogens is 253 g/mol. The van der Waals surface area contributed by atoms with E-state index < -0.39 is 0 Å². The second kappa shape index (κ2) is 5.11. The van der Waals surface area contributed by atoms with E-state index in [1.165, 1.54) is 22.0 Å². The van der Waals surface area contributed by atoms with Crippen LogP contribution in [0.3, 0.4) is 0 Å². The largest absolute Gasteiger partial charge is 0.332 e. The summed E-state index contributed by atoms with van der Waals surface area (Å²) in [6.07, 6.45) is 3.27. The Morgan fingerprint density at radius 3 is 2.75 bits per heavy atom. The van der Waals surface area contributed by atoms with Crippen LogP contribution in [0.1, 0.15) is 11.1 Å². The maximum absolute atomic E-state index is 2.75. The van der Waals surface area contributed by atoms with Crippen molar-refractivity contribution < 1.29 is 0 Å². The van der Waals surface area contributed by atoms with Crippen molar-refractivity contribution in [2.24, 2.45) is 0 Å². The minimum atomic E-state index is 1.02. The molecule has 1 heterocycles. The number of fused-ring (bicyclic) bond motifs is 1. The number of rotatable bonds is 3. The molecule has 0 amide bonds. The highest BCUT2D eigenvalue weighted by Crippen LogP contribution is 2.25. The van der Waals surface area contributed by atoms with E-state index in [9.17, 15) is 0 Å². The standard InChI is InChI=1S/C11H17N2P3/c1-8-2-3-10-9(4-5-13(15)16)7-12(14)11(10)6-8/h2-3,6-7H,4-5,14-16H2,1H3. The molecule has 86 valence electrons. The van der Waals surface area contributed by atoms with Crippen LogP contribution in [-0.4, -0.2) is 15.3 Å². The molecule has 2 nitrogen and oxygen atoms in total. The number of aromatic nitrogens is 1. The van der Waals surface area contributed by atoms with Gasteiger partial charge in [-0.25, -0.2) is 0 Å². The molecule has 0 bridgehead atoms. The Bertz CT molecular complexity index is 505. The first-order valence-electron chi connectivity index (χ1n) is 5.20. The van der Waals surface area contributed by atoms with Gasteiger partial charge in [0.1, 0.15) is 0 Å². The van der Waals surface area contributed by atoms with Crippen molar-refractivity contribution in [2.45, 2.75) is 13.3 Å². The smallest absolute Gasteiger partial charge is 0.0514 e. The van der Waals surface area contributed by atoms with Crippen molar-refractivity contribution in [1.29, 1.82) is 0 Å². The summed E-state index contributed by atoms with van der Waals surface area (Å²) in [5, 5.41) is 1.36. The molecular formula is C11H17N2P3. The second-order valence-electron chi connectivity index (χ2n) is 4.07. The van der Waals surface area contributed by atoms with Gasteiger partial charge in [-0.05, 0) is 39.9 Å². The highest BCUT2D eigenvalue weighted by atomic mass is 31.1. The van der Waals surface area contributed by atoms with E-state index in [2.05, 4.69) is 68.3 Å². The summed E-state index contributed by atoms with van der Waals surface area (Å²) in [6.45, 7) is 3.15. The van der Waals surface area contributed by atoms with Crippen LogP contribution in [0.5, 0.6) is 0 Å². The fraction of sp³-hybridized carbons (Fsp3) is 0.273. The average Bonchev–Trinajstić information content (AvgIpc) is 2.53. The number of benzene rings is 1. The molecule has 3 atom stereocenters. The topological polar surface area (TPSA) is 8.17 Å². The first-order valence-corrected chi connectivity index (χ1v) is 6.75. The summed E-state index contributed by atoms with van der Waals surface area (Å²) in [4.78, 5) is 0. The van der Waals surface area contributed by atoms with Crippen LogP contribution in [-0.2, 0) is 6.42 Å². The molecule has 0 N–H and O–H groups in total. The quantitative estimate of drug-likeness (QED) is 0.778. The van der Waals surface area contributed by atoms with Crippen molar-refractivity contribution >= 4 is 39.1 Å². The minimum Gasteiger partial charge on any atom is -0.332 e. The van der Waals surface area contributed by atoms with Gasteiger partial charge < -0.3 is 4.34 Å². The molecule has 0 aliphatic carbocycles. The Morgan fingerprint density at radius 2 is 2.06 bits per heavy atom. The van der Waals surface area contributed by atoms with Crippen molar-refractivity contribution in [3.8, 4) is 0 Å². The molecule has 0 aliphatic rings. The van der Waals surface area contributed by atoms with Crippen LogP contribution in [0.15, 0.2) is 24.4 Å². The molecule has 0 spiro atoms. The predicted octanol–water partition coefficient (Wildman–Crippen LogP) is 3.01. The third kappa shape index (κ3) is 2.63. The lowest BCUT2D eigenvalue weighted by Gasteiger charge is -2.07. The van der Waals surface area contributed by atoms with Crippen LogP contribution in [0.2, 0.25) is 0 Å². The lowest BCUT2D eigenvalue weighted by Crippen LogP contribution is -2.01. The Morgan fingerprint density at radius 1 is 1.31 bits per heavy atom. The van der Waals surface area contributed by atoms with Crippen LogP contribution in [0.25, 0.3) is 10.9 Å². The number of nitrogens with zero attached hydrogens (tertiary/aromatic N) is 2. The van der Waals surface area contributed by atoms with Crippen LogP contribution in [0.4, 0.5) is 0 Å². The summed E-state index contributed by atoms with van der Waals surface area (Å²) in [5.41, 5.74) is 4.00. The second-order valence-corrected chi connectivity index (χ2v) is 6.55. The van der Waals surface area contributed by atoms with E-state index >= 15 is 0 Å². The van der Waals surface area contributed by atoms with Gasteiger partial charge in [-0.15, -0.1) is 0 Å². The van der Waals surface area contributed by atoms with Gasteiger partial charge in [-0.1, -0.05) is 30.9 Å². The molecule has 2 rings (SSSR count). The molecule has 0 aliphatic heterocycles. The molecule has 0 fully saturated rings. The van der Waals surface area contributed by atoms with E-state index in [1.54, 1.807) is 0 Å². The SMILES string of the molecule is Cc1ccc2c(CCN(P)P)cn(P)c2c1. The molecule has 0 radical (unpaired) electrons. The van der Waals surface area contributed by atoms with Crippen molar-refractivity contribution in [3.63, 3.8) is 0 Å². The first-order chi connectivity index (χ1) is 7.58. The number of aryl methyl sites for hydroxylation is 1. The van der Waals surface area contributed by atoms with Gasteiger partial charge in [0.25, 0.3) is 0 Å².